The van der Waals surface area contributed by atoms with Crippen LogP contribution in [-0.4, -0.2) is 28.1 Å². The number of non-ortho nitro benzene ring substituents is 1. The van der Waals surface area contributed by atoms with E-state index in [0.29, 0.717) is 21.9 Å². The van der Waals surface area contributed by atoms with E-state index in [1.165, 1.54) is 36.0 Å². The number of rotatable bonds is 7. The van der Waals surface area contributed by atoms with Crippen LogP contribution in [0.25, 0.3) is 5.57 Å². The van der Waals surface area contributed by atoms with Gasteiger partial charge in [-0.05, 0) is 55.8 Å². The zero-order valence-corrected chi connectivity index (χ0v) is 17.9. The van der Waals surface area contributed by atoms with E-state index < -0.39 is 16.7 Å². The van der Waals surface area contributed by atoms with Gasteiger partial charge in [0.1, 0.15) is 5.75 Å². The van der Waals surface area contributed by atoms with E-state index in [1.54, 1.807) is 24.3 Å². The Bertz CT molecular complexity index is 1010. The van der Waals surface area contributed by atoms with Gasteiger partial charge in [0, 0.05) is 17.4 Å². The van der Waals surface area contributed by atoms with Crippen LogP contribution >= 0.6 is 11.8 Å². The van der Waals surface area contributed by atoms with Crippen molar-refractivity contribution in [2.45, 2.75) is 39.0 Å². The highest BCUT2D eigenvalue weighted by Gasteiger charge is 2.40. The third-order valence-electron chi connectivity index (χ3n) is 4.23. The van der Waals surface area contributed by atoms with Crippen molar-refractivity contribution >= 4 is 40.5 Å². The molecule has 156 valence electrons. The van der Waals surface area contributed by atoms with Crippen molar-refractivity contribution in [3.8, 4) is 5.75 Å². The minimum Gasteiger partial charge on any atom is -0.491 e. The quantitative estimate of drug-likeness (QED) is 0.359. The van der Waals surface area contributed by atoms with E-state index in [9.17, 15) is 19.7 Å². The average molecular weight is 426 g/mol. The normalized spacial score (nSPS) is 14.3. The Balaban J connectivity index is 1.99. The molecule has 0 aliphatic carbocycles. The van der Waals surface area contributed by atoms with Crippen molar-refractivity contribution in [1.29, 1.82) is 0 Å². The van der Waals surface area contributed by atoms with E-state index in [0.717, 1.165) is 4.90 Å². The molecule has 2 aromatic rings. The fourth-order valence-electron chi connectivity index (χ4n) is 3.04. The number of carbonyl (C=O) groups excluding carboxylic acids is 2. The van der Waals surface area contributed by atoms with Gasteiger partial charge >= 0.3 is 0 Å². The molecule has 0 N–H and O–H groups in total. The Morgan fingerprint density at radius 3 is 2.03 bits per heavy atom. The second-order valence-electron chi connectivity index (χ2n) is 7.28. The van der Waals surface area contributed by atoms with E-state index >= 15 is 0 Å². The number of hydrogen-bond donors (Lipinski definition) is 0. The maximum absolute atomic E-state index is 13.3. The molecular formula is C22H22N2O5S. The van der Waals surface area contributed by atoms with E-state index in [4.69, 9.17) is 4.74 Å². The Hall–Kier alpha value is -3.13. The fraction of sp³-hybridized carbons (Fsp3) is 0.273. The van der Waals surface area contributed by atoms with Gasteiger partial charge in [0.05, 0.1) is 27.2 Å². The predicted octanol–water partition coefficient (Wildman–Crippen LogP) is 4.81. The number of thioether (sulfide) groups is 1. The molecule has 30 heavy (non-hydrogen) atoms. The summed E-state index contributed by atoms with van der Waals surface area (Å²) in [6.45, 7) is 7.70. The Kier molecular flexibility index (Phi) is 6.26. The first-order valence-electron chi connectivity index (χ1n) is 9.50. The van der Waals surface area contributed by atoms with Crippen LogP contribution in [0.15, 0.2) is 53.4 Å². The third-order valence-corrected chi connectivity index (χ3v) is 5.31. The summed E-state index contributed by atoms with van der Waals surface area (Å²) in [6, 6.07) is 12.4. The number of hydrogen-bond acceptors (Lipinski definition) is 6. The van der Waals surface area contributed by atoms with Crippen LogP contribution in [0, 0.1) is 10.1 Å². The minimum atomic E-state index is -0.503. The van der Waals surface area contributed by atoms with E-state index in [2.05, 4.69) is 0 Å². The number of amides is 2. The summed E-state index contributed by atoms with van der Waals surface area (Å²) in [7, 11) is 0. The highest BCUT2D eigenvalue weighted by Crippen LogP contribution is 2.40. The van der Waals surface area contributed by atoms with Crippen LogP contribution in [-0.2, 0) is 9.59 Å². The second-order valence-corrected chi connectivity index (χ2v) is 8.87. The first kappa shape index (κ1) is 21.6. The summed E-state index contributed by atoms with van der Waals surface area (Å²) in [6.07, 6.45) is 0.00958. The second kappa shape index (κ2) is 8.71. The molecule has 2 aromatic carbocycles. The minimum absolute atomic E-state index is 0.00958. The van der Waals surface area contributed by atoms with Crippen LogP contribution in [0.2, 0.25) is 0 Å². The van der Waals surface area contributed by atoms with Crippen LogP contribution in [0.3, 0.4) is 0 Å². The van der Waals surface area contributed by atoms with Crippen LogP contribution in [0.1, 0.15) is 33.3 Å². The number of nitro benzene ring substituents is 1. The van der Waals surface area contributed by atoms with E-state index in [-0.39, 0.29) is 22.6 Å². The van der Waals surface area contributed by atoms with Crippen molar-refractivity contribution < 1.29 is 19.2 Å². The zero-order valence-electron chi connectivity index (χ0n) is 17.1. The summed E-state index contributed by atoms with van der Waals surface area (Å²) >= 11 is 1.31. The molecule has 0 aromatic heterocycles. The number of imide groups is 1. The zero-order chi connectivity index (χ0) is 22.0. The number of ether oxygens (including phenoxy) is 1. The highest BCUT2D eigenvalue weighted by atomic mass is 32.2. The molecule has 0 saturated heterocycles. The van der Waals surface area contributed by atoms with Crippen LogP contribution in [0.4, 0.5) is 11.4 Å². The van der Waals surface area contributed by atoms with Gasteiger partial charge in [-0.15, -0.1) is 11.8 Å². The molecule has 1 heterocycles. The topological polar surface area (TPSA) is 89.8 Å². The fourth-order valence-corrected chi connectivity index (χ4v) is 4.03. The lowest BCUT2D eigenvalue weighted by atomic mass is 10.1. The number of benzene rings is 2. The first-order valence-corrected chi connectivity index (χ1v) is 10.4. The van der Waals surface area contributed by atoms with E-state index in [1.807, 2.05) is 27.7 Å². The average Bonchev–Trinajstić information content (AvgIpc) is 2.91. The summed E-state index contributed by atoms with van der Waals surface area (Å²) in [5.41, 5.74) is 1.10. The SMILES string of the molecule is CC(C)Oc1ccc(N2C(=O)C(SC(C)C)=C(c3ccc([N+](=O)[O-])cc3)C2=O)cc1. The van der Waals surface area contributed by atoms with Gasteiger partial charge < -0.3 is 4.74 Å². The number of anilines is 1. The lowest BCUT2D eigenvalue weighted by molar-refractivity contribution is -0.384. The molecule has 0 fully saturated rings. The number of carbonyl (C=O) groups is 2. The molecule has 7 nitrogen and oxygen atoms in total. The first-order chi connectivity index (χ1) is 14.2. The molecule has 0 atom stereocenters. The van der Waals surface area contributed by atoms with Crippen LogP contribution in [0.5, 0.6) is 5.75 Å². The summed E-state index contributed by atoms with van der Waals surface area (Å²) < 4.78 is 5.62. The molecule has 0 saturated carbocycles. The third kappa shape index (κ3) is 4.38. The summed E-state index contributed by atoms with van der Waals surface area (Å²) in [5.74, 6) is -0.202. The van der Waals surface area contributed by atoms with Crippen molar-refractivity contribution in [2.24, 2.45) is 0 Å². The van der Waals surface area contributed by atoms with Crippen LogP contribution < -0.4 is 9.64 Å². The molecule has 0 bridgehead atoms. The van der Waals surface area contributed by atoms with Gasteiger partial charge in [-0.3, -0.25) is 19.7 Å². The Morgan fingerprint density at radius 1 is 0.933 bits per heavy atom. The monoisotopic (exact) mass is 426 g/mol. The molecule has 1 aliphatic heterocycles. The molecule has 0 spiro atoms. The number of nitrogens with zero attached hydrogens (tertiary/aromatic N) is 2. The Morgan fingerprint density at radius 2 is 1.53 bits per heavy atom. The lowest BCUT2D eigenvalue weighted by Gasteiger charge is -2.16. The highest BCUT2D eigenvalue weighted by molar-refractivity contribution is 8.04. The van der Waals surface area contributed by atoms with Crippen molar-refractivity contribution in [1.82, 2.24) is 0 Å². The van der Waals surface area contributed by atoms with Gasteiger partial charge in [-0.2, -0.15) is 0 Å². The lowest BCUT2D eigenvalue weighted by Crippen LogP contribution is -2.31. The molecule has 1 aliphatic rings. The summed E-state index contributed by atoms with van der Waals surface area (Å²) in [4.78, 5) is 38.3. The largest absolute Gasteiger partial charge is 0.491 e. The van der Waals surface area contributed by atoms with Gasteiger partial charge in [0.2, 0.25) is 0 Å². The summed E-state index contributed by atoms with van der Waals surface area (Å²) in [5, 5.41) is 11.0. The van der Waals surface area contributed by atoms with Gasteiger partial charge in [0.15, 0.2) is 0 Å². The molecule has 0 radical (unpaired) electrons. The van der Waals surface area contributed by atoms with Gasteiger partial charge in [0.25, 0.3) is 17.5 Å². The van der Waals surface area contributed by atoms with Crippen molar-refractivity contribution in [3.63, 3.8) is 0 Å². The molecule has 3 rings (SSSR count). The number of nitro groups is 1. The molecule has 8 heteroatoms. The van der Waals surface area contributed by atoms with Gasteiger partial charge in [-0.25, -0.2) is 4.90 Å². The maximum Gasteiger partial charge on any atom is 0.272 e. The van der Waals surface area contributed by atoms with Crippen molar-refractivity contribution in [2.75, 3.05) is 4.90 Å². The van der Waals surface area contributed by atoms with Gasteiger partial charge in [-0.1, -0.05) is 13.8 Å². The van der Waals surface area contributed by atoms with Crippen molar-refractivity contribution in [3.05, 3.63) is 69.1 Å². The smallest absolute Gasteiger partial charge is 0.272 e. The standard InChI is InChI=1S/C22H22N2O5S/c1-13(2)29-18-11-9-16(10-12-18)23-21(25)19(20(22(23)26)30-14(3)4)15-5-7-17(8-6-15)24(27)28/h5-14H,1-4H3. The predicted molar refractivity (Wildman–Crippen MR) is 117 cm³/mol. The molecule has 0 unspecified atom stereocenters. The Labute approximate surface area is 178 Å². The maximum atomic E-state index is 13.3. The molecular weight excluding hydrogens is 404 g/mol. The molecule has 2 amide bonds.